The molecule has 5 nitrogen and oxygen atoms in total. The Morgan fingerprint density at radius 1 is 1.27 bits per heavy atom. The highest BCUT2D eigenvalue weighted by Gasteiger charge is 2.11. The van der Waals surface area contributed by atoms with Crippen LogP contribution < -0.4 is 11.5 Å². The molecule has 0 bridgehead atoms. The van der Waals surface area contributed by atoms with Crippen molar-refractivity contribution in [3.63, 3.8) is 0 Å². The lowest BCUT2D eigenvalue weighted by Crippen LogP contribution is -2.29. The smallest absolute Gasteiger partial charge is 0.324 e. The molecule has 6 N–H and O–H groups in total. The van der Waals surface area contributed by atoms with Crippen molar-refractivity contribution >= 4 is 7.60 Å². The number of rotatable bonds is 5. The monoisotopic (exact) mass is 182 g/mol. The fraction of sp³-hybridized carbons (Fsp3) is 1.00. The van der Waals surface area contributed by atoms with Gasteiger partial charge >= 0.3 is 7.60 Å². The number of nitrogens with two attached hydrogens (primary N) is 2. The lowest BCUT2D eigenvalue weighted by Gasteiger charge is -2.05. The van der Waals surface area contributed by atoms with Crippen LogP contribution in [0.2, 0.25) is 0 Å². The van der Waals surface area contributed by atoms with Crippen molar-refractivity contribution in [1.82, 2.24) is 0 Å². The highest BCUT2D eigenvalue weighted by atomic mass is 31.2. The van der Waals surface area contributed by atoms with E-state index in [9.17, 15) is 4.57 Å². The lowest BCUT2D eigenvalue weighted by molar-refractivity contribution is 0.370. The number of hydrogen-bond donors (Lipinski definition) is 4. The third kappa shape index (κ3) is 10.1. The molecule has 0 aromatic rings. The summed E-state index contributed by atoms with van der Waals surface area (Å²) in [5, 5.41) is 0. The van der Waals surface area contributed by atoms with E-state index in [0.717, 1.165) is 0 Å². The van der Waals surface area contributed by atoms with Gasteiger partial charge in [0.2, 0.25) is 0 Å². The topological polar surface area (TPSA) is 110 Å². The standard InChI is InChI=1S/C5H15N2O3P/c6-5(7)3-1-2-4-11(8,9)10/h5H,1-4,6-7H2,(H2,8,9,10). The van der Waals surface area contributed by atoms with Crippen LogP contribution in [0.4, 0.5) is 0 Å². The first-order valence-electron chi connectivity index (χ1n) is 3.47. The fourth-order valence-electron chi connectivity index (χ4n) is 0.698. The summed E-state index contributed by atoms with van der Waals surface area (Å²) in [5.41, 5.74) is 10.5. The van der Waals surface area contributed by atoms with E-state index in [2.05, 4.69) is 0 Å². The molecule has 68 valence electrons. The molecule has 0 heterocycles. The molecule has 0 aliphatic heterocycles. The van der Waals surface area contributed by atoms with Crippen molar-refractivity contribution in [2.45, 2.75) is 25.4 Å². The van der Waals surface area contributed by atoms with E-state index < -0.39 is 7.60 Å². The molecule has 0 aliphatic carbocycles. The fourth-order valence-corrected chi connectivity index (χ4v) is 1.33. The lowest BCUT2D eigenvalue weighted by atomic mass is 10.2. The van der Waals surface area contributed by atoms with E-state index in [1.165, 1.54) is 0 Å². The van der Waals surface area contributed by atoms with Gasteiger partial charge in [-0.25, -0.2) is 0 Å². The summed E-state index contributed by atoms with van der Waals surface area (Å²) in [6, 6.07) is 0. The van der Waals surface area contributed by atoms with Crippen LogP contribution >= 0.6 is 7.60 Å². The summed E-state index contributed by atoms with van der Waals surface area (Å²) >= 11 is 0. The van der Waals surface area contributed by atoms with Crippen molar-refractivity contribution in [3.8, 4) is 0 Å². The molecule has 0 aliphatic rings. The van der Waals surface area contributed by atoms with Crippen LogP contribution in [0, 0.1) is 0 Å². The Hall–Kier alpha value is 0.0700. The van der Waals surface area contributed by atoms with Crippen molar-refractivity contribution < 1.29 is 14.4 Å². The quantitative estimate of drug-likeness (QED) is 0.262. The molecule has 11 heavy (non-hydrogen) atoms. The van der Waals surface area contributed by atoms with Crippen molar-refractivity contribution in [1.29, 1.82) is 0 Å². The van der Waals surface area contributed by atoms with Gasteiger partial charge in [-0.3, -0.25) is 4.57 Å². The summed E-state index contributed by atoms with van der Waals surface area (Å²) < 4.78 is 10.3. The third-order valence-corrected chi connectivity index (χ3v) is 2.14. The first-order chi connectivity index (χ1) is 4.92. The molecule has 0 saturated carbocycles. The van der Waals surface area contributed by atoms with E-state index in [1.54, 1.807) is 0 Å². The number of hydrogen-bond acceptors (Lipinski definition) is 3. The Morgan fingerprint density at radius 2 is 1.82 bits per heavy atom. The van der Waals surface area contributed by atoms with Gasteiger partial charge in [-0.05, 0) is 19.3 Å². The molecule has 0 spiro atoms. The van der Waals surface area contributed by atoms with Crippen LogP contribution in [0.1, 0.15) is 19.3 Å². The molecule has 0 radical (unpaired) electrons. The van der Waals surface area contributed by atoms with Gasteiger partial charge in [-0.1, -0.05) is 0 Å². The van der Waals surface area contributed by atoms with Gasteiger partial charge in [-0.15, -0.1) is 0 Å². The van der Waals surface area contributed by atoms with Gasteiger partial charge in [0, 0.05) is 6.16 Å². The Labute approximate surface area is 65.9 Å². The van der Waals surface area contributed by atoms with Crippen molar-refractivity contribution in [2.24, 2.45) is 11.5 Å². The second-order valence-corrected chi connectivity index (χ2v) is 4.32. The zero-order valence-corrected chi connectivity index (χ0v) is 7.20. The second kappa shape index (κ2) is 4.85. The van der Waals surface area contributed by atoms with Gasteiger partial charge in [-0.2, -0.15) is 0 Å². The highest BCUT2D eigenvalue weighted by Crippen LogP contribution is 2.35. The summed E-state index contributed by atoms with van der Waals surface area (Å²) in [6.07, 6.45) is 1.32. The summed E-state index contributed by atoms with van der Waals surface area (Å²) in [6.45, 7) is 0. The van der Waals surface area contributed by atoms with Gasteiger partial charge in [0.15, 0.2) is 0 Å². The molecule has 0 amide bonds. The first kappa shape index (κ1) is 11.1. The maximum atomic E-state index is 10.3. The predicted molar refractivity (Wildman–Crippen MR) is 42.9 cm³/mol. The molecule has 0 saturated heterocycles. The zero-order valence-electron chi connectivity index (χ0n) is 6.31. The van der Waals surface area contributed by atoms with Crippen LogP contribution in [0.5, 0.6) is 0 Å². The minimum Gasteiger partial charge on any atom is -0.324 e. The minimum absolute atomic E-state index is 0.0697. The summed E-state index contributed by atoms with van der Waals surface area (Å²) in [5.74, 6) is 0. The Bertz CT molecular complexity index is 145. The van der Waals surface area contributed by atoms with Crippen LogP contribution in [-0.2, 0) is 4.57 Å². The molecule has 0 aromatic carbocycles. The van der Waals surface area contributed by atoms with E-state index in [-0.39, 0.29) is 12.3 Å². The molecule has 0 unspecified atom stereocenters. The third-order valence-electron chi connectivity index (χ3n) is 1.24. The summed E-state index contributed by atoms with van der Waals surface area (Å²) in [7, 11) is -3.81. The highest BCUT2D eigenvalue weighted by molar-refractivity contribution is 7.51. The van der Waals surface area contributed by atoms with Crippen molar-refractivity contribution in [3.05, 3.63) is 0 Å². The molecule has 0 aromatic heterocycles. The Balaban J connectivity index is 3.22. The van der Waals surface area contributed by atoms with Crippen molar-refractivity contribution in [2.75, 3.05) is 6.16 Å². The molecule has 6 heteroatoms. The maximum absolute atomic E-state index is 10.3. The zero-order chi connectivity index (χ0) is 8.91. The molecular formula is C5H15N2O3P. The van der Waals surface area contributed by atoms with Crippen LogP contribution in [0.3, 0.4) is 0 Å². The molecular weight excluding hydrogens is 167 g/mol. The van der Waals surface area contributed by atoms with Crippen LogP contribution in [0.15, 0.2) is 0 Å². The average molecular weight is 182 g/mol. The Kier molecular flexibility index (Phi) is 4.88. The van der Waals surface area contributed by atoms with Gasteiger partial charge in [0.1, 0.15) is 0 Å². The minimum atomic E-state index is -3.81. The molecule has 0 rings (SSSR count). The normalized spacial score (nSPS) is 12.5. The first-order valence-corrected chi connectivity index (χ1v) is 5.27. The SMILES string of the molecule is NC(N)CCCCP(=O)(O)O. The van der Waals surface area contributed by atoms with Gasteiger partial charge < -0.3 is 21.3 Å². The largest absolute Gasteiger partial charge is 0.325 e. The Morgan fingerprint density at radius 3 is 2.18 bits per heavy atom. The predicted octanol–water partition coefficient (Wildman–Crippen LogP) is -0.422. The van der Waals surface area contributed by atoms with Crippen LogP contribution in [0.25, 0.3) is 0 Å². The van der Waals surface area contributed by atoms with E-state index in [0.29, 0.717) is 19.3 Å². The van der Waals surface area contributed by atoms with E-state index in [4.69, 9.17) is 21.3 Å². The second-order valence-electron chi connectivity index (χ2n) is 2.55. The van der Waals surface area contributed by atoms with Gasteiger partial charge in [0.25, 0.3) is 0 Å². The van der Waals surface area contributed by atoms with E-state index in [1.807, 2.05) is 0 Å². The molecule has 0 atom stereocenters. The summed E-state index contributed by atoms with van der Waals surface area (Å²) in [4.78, 5) is 16.9. The number of unbranched alkanes of at least 4 members (excludes halogenated alkanes) is 1. The van der Waals surface area contributed by atoms with E-state index >= 15 is 0 Å². The maximum Gasteiger partial charge on any atom is 0.325 e. The van der Waals surface area contributed by atoms with Gasteiger partial charge in [0.05, 0.1) is 6.17 Å². The average Bonchev–Trinajstić information content (AvgIpc) is 1.78. The van der Waals surface area contributed by atoms with Crippen LogP contribution in [-0.4, -0.2) is 22.1 Å². The molecule has 0 fully saturated rings.